The molecule has 0 unspecified atom stereocenters. The summed E-state index contributed by atoms with van der Waals surface area (Å²) in [6.07, 6.45) is 1.79. The fourth-order valence-corrected chi connectivity index (χ4v) is 3.16. The molecule has 0 atom stereocenters. The Morgan fingerprint density at radius 3 is 2.73 bits per heavy atom. The monoisotopic (exact) mass is 321 g/mol. The summed E-state index contributed by atoms with van der Waals surface area (Å²) in [6.45, 7) is 5.81. The first-order valence-corrected chi connectivity index (χ1v) is 7.72. The highest BCUT2D eigenvalue weighted by Gasteiger charge is 2.14. The third-order valence-corrected chi connectivity index (χ3v) is 4.28. The molecule has 0 spiro atoms. The van der Waals surface area contributed by atoms with Crippen LogP contribution in [0.25, 0.3) is 0 Å². The number of primary amides is 1. The summed E-state index contributed by atoms with van der Waals surface area (Å²) in [4.78, 5) is 15.6. The van der Waals surface area contributed by atoms with Crippen LogP contribution in [-0.4, -0.2) is 32.8 Å². The van der Waals surface area contributed by atoms with E-state index in [9.17, 15) is 4.79 Å². The zero-order chi connectivity index (χ0) is 16.3. The zero-order valence-electron chi connectivity index (χ0n) is 13.1. The molecule has 2 N–H and O–H groups in total. The standard InChI is InChI=1S/C14H19N5O2S/c1-8-5-16-11(9(2)13(8)21-4)7-22-14-18-17-10(3)19(14)6-12(15)20/h5H,6-7H2,1-4H3,(H2,15,20). The number of pyridine rings is 1. The number of aryl methyl sites for hydroxylation is 2. The summed E-state index contributed by atoms with van der Waals surface area (Å²) in [7, 11) is 1.65. The lowest BCUT2D eigenvalue weighted by molar-refractivity contribution is -0.118. The molecule has 0 aliphatic rings. The van der Waals surface area contributed by atoms with Gasteiger partial charge in [-0.05, 0) is 20.8 Å². The summed E-state index contributed by atoms with van der Waals surface area (Å²) >= 11 is 1.47. The first-order valence-electron chi connectivity index (χ1n) is 6.74. The largest absolute Gasteiger partial charge is 0.496 e. The lowest BCUT2D eigenvalue weighted by Crippen LogP contribution is -2.20. The molecular weight excluding hydrogens is 302 g/mol. The van der Waals surface area contributed by atoms with Gasteiger partial charge in [0, 0.05) is 23.1 Å². The van der Waals surface area contributed by atoms with Gasteiger partial charge in [0.25, 0.3) is 0 Å². The molecule has 0 aliphatic carbocycles. The normalized spacial score (nSPS) is 10.7. The van der Waals surface area contributed by atoms with Gasteiger partial charge in [0.1, 0.15) is 18.1 Å². The quantitative estimate of drug-likeness (QED) is 0.808. The van der Waals surface area contributed by atoms with E-state index in [1.54, 1.807) is 24.8 Å². The van der Waals surface area contributed by atoms with Gasteiger partial charge in [-0.1, -0.05) is 11.8 Å². The van der Waals surface area contributed by atoms with Gasteiger partial charge in [-0.25, -0.2) is 0 Å². The Bertz CT molecular complexity index is 699. The van der Waals surface area contributed by atoms with E-state index in [4.69, 9.17) is 10.5 Å². The van der Waals surface area contributed by atoms with Gasteiger partial charge in [-0.3, -0.25) is 14.3 Å². The Morgan fingerprint density at radius 2 is 2.09 bits per heavy atom. The lowest BCUT2D eigenvalue weighted by atomic mass is 10.1. The molecule has 0 saturated heterocycles. The van der Waals surface area contributed by atoms with E-state index in [1.165, 1.54) is 11.8 Å². The highest BCUT2D eigenvalue weighted by atomic mass is 32.2. The van der Waals surface area contributed by atoms with Gasteiger partial charge in [-0.2, -0.15) is 0 Å². The van der Waals surface area contributed by atoms with E-state index in [0.29, 0.717) is 16.7 Å². The number of nitrogens with two attached hydrogens (primary N) is 1. The first kappa shape index (κ1) is 16.3. The van der Waals surface area contributed by atoms with Crippen LogP contribution in [0.2, 0.25) is 0 Å². The second-order valence-electron chi connectivity index (χ2n) is 4.92. The van der Waals surface area contributed by atoms with Crippen molar-refractivity contribution in [3.8, 4) is 5.75 Å². The molecule has 1 amide bonds. The fraction of sp³-hybridized carbons (Fsp3) is 0.429. The minimum absolute atomic E-state index is 0.0742. The average Bonchev–Trinajstić information content (AvgIpc) is 2.79. The van der Waals surface area contributed by atoms with Crippen molar-refractivity contribution in [2.75, 3.05) is 7.11 Å². The van der Waals surface area contributed by atoms with Gasteiger partial charge in [-0.15, -0.1) is 10.2 Å². The molecule has 118 valence electrons. The van der Waals surface area contributed by atoms with Crippen molar-refractivity contribution in [1.82, 2.24) is 19.7 Å². The van der Waals surface area contributed by atoms with Gasteiger partial charge in [0.2, 0.25) is 5.91 Å². The van der Waals surface area contributed by atoms with E-state index in [-0.39, 0.29) is 6.54 Å². The number of methoxy groups -OCH3 is 1. The van der Waals surface area contributed by atoms with Crippen LogP contribution in [0.3, 0.4) is 0 Å². The Morgan fingerprint density at radius 1 is 1.36 bits per heavy atom. The Kier molecular flexibility index (Phi) is 5.02. The number of nitrogens with zero attached hydrogens (tertiary/aromatic N) is 4. The molecule has 8 heteroatoms. The first-order chi connectivity index (χ1) is 10.4. The minimum atomic E-state index is -0.420. The van der Waals surface area contributed by atoms with Crippen LogP contribution >= 0.6 is 11.8 Å². The summed E-state index contributed by atoms with van der Waals surface area (Å²) in [6, 6.07) is 0. The number of ether oxygens (including phenoxy) is 1. The molecule has 0 aliphatic heterocycles. The number of rotatable bonds is 6. The summed E-state index contributed by atoms with van der Waals surface area (Å²) in [5.74, 6) is 1.70. The van der Waals surface area contributed by atoms with E-state index in [0.717, 1.165) is 22.6 Å². The van der Waals surface area contributed by atoms with Crippen molar-refractivity contribution in [1.29, 1.82) is 0 Å². The van der Waals surface area contributed by atoms with Crippen LogP contribution < -0.4 is 10.5 Å². The van der Waals surface area contributed by atoms with Crippen LogP contribution in [0.5, 0.6) is 5.75 Å². The molecule has 0 bridgehead atoms. The van der Waals surface area contributed by atoms with Crippen molar-refractivity contribution in [2.24, 2.45) is 5.73 Å². The molecule has 2 rings (SSSR count). The Balaban J connectivity index is 2.19. The topological polar surface area (TPSA) is 95.9 Å². The Labute approximate surface area is 133 Å². The Hall–Kier alpha value is -2.09. The molecule has 2 heterocycles. The number of aromatic nitrogens is 4. The van der Waals surface area contributed by atoms with Crippen molar-refractivity contribution >= 4 is 17.7 Å². The number of thioether (sulfide) groups is 1. The van der Waals surface area contributed by atoms with Gasteiger partial charge < -0.3 is 10.5 Å². The second kappa shape index (κ2) is 6.78. The molecule has 0 radical (unpaired) electrons. The number of hydrogen-bond donors (Lipinski definition) is 1. The molecule has 2 aromatic rings. The van der Waals surface area contributed by atoms with Crippen LogP contribution in [0.1, 0.15) is 22.6 Å². The highest BCUT2D eigenvalue weighted by molar-refractivity contribution is 7.98. The van der Waals surface area contributed by atoms with Crippen LogP contribution in [0, 0.1) is 20.8 Å². The van der Waals surface area contributed by atoms with Gasteiger partial charge >= 0.3 is 0 Å². The van der Waals surface area contributed by atoms with Crippen molar-refractivity contribution in [3.05, 3.63) is 28.8 Å². The summed E-state index contributed by atoms with van der Waals surface area (Å²) < 4.78 is 7.11. The molecule has 7 nitrogen and oxygen atoms in total. The molecule has 0 fully saturated rings. The van der Waals surface area contributed by atoms with Crippen molar-refractivity contribution in [3.63, 3.8) is 0 Å². The average molecular weight is 321 g/mol. The molecule has 2 aromatic heterocycles. The highest BCUT2D eigenvalue weighted by Crippen LogP contribution is 2.28. The minimum Gasteiger partial charge on any atom is -0.496 e. The van der Waals surface area contributed by atoms with E-state index in [2.05, 4.69) is 15.2 Å². The maximum Gasteiger partial charge on any atom is 0.237 e. The molecular formula is C14H19N5O2S. The summed E-state index contributed by atoms with van der Waals surface area (Å²) in [5, 5.41) is 8.72. The SMILES string of the molecule is COc1c(C)cnc(CSc2nnc(C)n2CC(N)=O)c1C. The maximum absolute atomic E-state index is 11.1. The number of hydrogen-bond acceptors (Lipinski definition) is 6. The van der Waals surface area contributed by atoms with Crippen LogP contribution in [0.15, 0.2) is 11.4 Å². The number of amides is 1. The van der Waals surface area contributed by atoms with Crippen molar-refractivity contribution < 1.29 is 9.53 Å². The van der Waals surface area contributed by atoms with Crippen LogP contribution in [0.4, 0.5) is 0 Å². The van der Waals surface area contributed by atoms with E-state index in [1.807, 2.05) is 13.8 Å². The van der Waals surface area contributed by atoms with E-state index >= 15 is 0 Å². The number of carbonyl (C=O) groups excluding carboxylic acids is 1. The van der Waals surface area contributed by atoms with E-state index < -0.39 is 5.91 Å². The van der Waals surface area contributed by atoms with Gasteiger partial charge in [0.05, 0.1) is 12.8 Å². The number of carbonyl (C=O) groups is 1. The third kappa shape index (κ3) is 3.38. The zero-order valence-corrected chi connectivity index (χ0v) is 13.9. The van der Waals surface area contributed by atoms with Crippen molar-refractivity contribution in [2.45, 2.75) is 38.2 Å². The smallest absolute Gasteiger partial charge is 0.237 e. The maximum atomic E-state index is 11.1. The predicted octanol–water partition coefficient (Wildman–Crippen LogP) is 1.38. The molecule has 0 saturated carbocycles. The predicted molar refractivity (Wildman–Crippen MR) is 83.8 cm³/mol. The van der Waals surface area contributed by atoms with Crippen LogP contribution in [-0.2, 0) is 17.1 Å². The second-order valence-corrected chi connectivity index (χ2v) is 5.86. The fourth-order valence-electron chi connectivity index (χ4n) is 2.16. The molecule has 0 aromatic carbocycles. The van der Waals surface area contributed by atoms with Gasteiger partial charge in [0.15, 0.2) is 5.16 Å². The summed E-state index contributed by atoms with van der Waals surface area (Å²) in [5.41, 5.74) is 8.18. The lowest BCUT2D eigenvalue weighted by Gasteiger charge is -2.12. The third-order valence-electron chi connectivity index (χ3n) is 3.30. The molecule has 22 heavy (non-hydrogen) atoms.